The van der Waals surface area contributed by atoms with Crippen LogP contribution in [0.2, 0.25) is 0 Å². The lowest BCUT2D eigenvalue weighted by Crippen LogP contribution is -2.35. The molecule has 2 aromatic rings. The second kappa shape index (κ2) is 5.06. The molecule has 0 spiro atoms. The fraction of sp³-hybridized carbons (Fsp3) is 0.455. The Kier molecular flexibility index (Phi) is 3.61. The Hall–Kier alpha value is -0.940. The fourth-order valence-electron chi connectivity index (χ4n) is 2.41. The zero-order valence-electron chi connectivity index (χ0n) is 10.6. The van der Waals surface area contributed by atoms with Crippen LogP contribution in [0.4, 0.5) is 11.8 Å². The van der Waals surface area contributed by atoms with E-state index >= 15 is 0 Å². The van der Waals surface area contributed by atoms with Gasteiger partial charge in [0.15, 0.2) is 5.82 Å². The normalized spacial score (nSPS) is 28.3. The number of hydrogen-bond acceptors (Lipinski definition) is 7. The number of nitrogens with zero attached hydrogens (tertiary/aromatic N) is 3. The van der Waals surface area contributed by atoms with Gasteiger partial charge in [0.05, 0.1) is 12.3 Å². The highest BCUT2D eigenvalue weighted by Gasteiger charge is 2.54. The van der Waals surface area contributed by atoms with E-state index in [-0.39, 0.29) is 18.4 Å². The molecule has 8 nitrogen and oxygen atoms in total. The highest BCUT2D eigenvalue weighted by atomic mass is 79.9. The summed E-state index contributed by atoms with van der Waals surface area (Å²) in [6.07, 6.45) is -2.29. The maximum Gasteiger partial charge on any atom is 0.240 e. The number of hydrogen-bond donors (Lipinski definition) is 4. The van der Waals surface area contributed by atoms with Gasteiger partial charge in [-0.15, -0.1) is 5.10 Å². The van der Waals surface area contributed by atoms with Crippen molar-refractivity contribution in [3.63, 3.8) is 0 Å². The molecular formula is C11H13Br2N5O3. The predicted octanol–water partition coefficient (Wildman–Crippen LogP) is 0.173. The third-order valence-electron chi connectivity index (χ3n) is 3.44. The molecule has 1 aliphatic heterocycles. The topological polar surface area (TPSA) is 132 Å². The Labute approximate surface area is 136 Å². The van der Waals surface area contributed by atoms with Crippen molar-refractivity contribution in [2.75, 3.05) is 18.1 Å². The monoisotopic (exact) mass is 421 g/mol. The number of anilines is 2. The number of fused-ring (bicyclic) bond motifs is 1. The average Bonchev–Trinajstić information content (AvgIpc) is 2.91. The first-order valence-corrected chi connectivity index (χ1v) is 7.67. The second-order valence-corrected chi connectivity index (χ2v) is 8.46. The lowest BCUT2D eigenvalue weighted by Gasteiger charge is -2.23. The molecule has 10 heteroatoms. The van der Waals surface area contributed by atoms with Crippen LogP contribution >= 0.6 is 31.9 Å². The number of aromatic nitrogens is 3. The first kappa shape index (κ1) is 15.0. The minimum Gasteiger partial charge on any atom is -0.394 e. The number of alkyl halides is 2. The molecule has 0 aliphatic carbocycles. The van der Waals surface area contributed by atoms with Gasteiger partial charge in [-0.2, -0.15) is 4.98 Å². The Morgan fingerprint density at radius 3 is 2.71 bits per heavy atom. The van der Waals surface area contributed by atoms with Crippen LogP contribution in [0.5, 0.6) is 0 Å². The second-order valence-electron chi connectivity index (χ2n) is 4.77. The molecule has 1 aliphatic rings. The molecule has 114 valence electrons. The molecule has 2 aromatic heterocycles. The minimum absolute atomic E-state index is 0.0319. The average molecular weight is 423 g/mol. The van der Waals surface area contributed by atoms with E-state index in [4.69, 9.17) is 16.2 Å². The van der Waals surface area contributed by atoms with Crippen molar-refractivity contribution in [2.45, 2.75) is 21.5 Å². The Morgan fingerprint density at radius 1 is 1.38 bits per heavy atom. The van der Waals surface area contributed by atoms with Gasteiger partial charge < -0.3 is 26.4 Å². The van der Waals surface area contributed by atoms with E-state index in [0.717, 1.165) is 0 Å². The van der Waals surface area contributed by atoms with E-state index in [9.17, 15) is 10.2 Å². The smallest absolute Gasteiger partial charge is 0.240 e. The van der Waals surface area contributed by atoms with Crippen molar-refractivity contribution in [2.24, 2.45) is 0 Å². The maximum absolute atomic E-state index is 10.2. The summed E-state index contributed by atoms with van der Waals surface area (Å²) in [7, 11) is 0. The zero-order chi connectivity index (χ0) is 15.4. The molecule has 0 bridgehead atoms. The highest BCUT2D eigenvalue weighted by Crippen LogP contribution is 2.51. The first-order valence-electron chi connectivity index (χ1n) is 6.09. The van der Waals surface area contributed by atoms with Crippen LogP contribution in [0, 0.1) is 0 Å². The summed E-state index contributed by atoms with van der Waals surface area (Å²) < 4.78 is 6.27. The summed E-state index contributed by atoms with van der Waals surface area (Å²) in [6, 6.07) is 3.50. The van der Waals surface area contributed by atoms with E-state index < -0.39 is 21.5 Å². The number of aliphatic hydroxyl groups excluding tert-OH is 2. The van der Waals surface area contributed by atoms with Crippen molar-refractivity contribution in [1.82, 2.24) is 14.6 Å². The number of nitrogens with two attached hydrogens (primary N) is 2. The number of rotatable bonds is 2. The van der Waals surface area contributed by atoms with Gasteiger partial charge in [0.1, 0.15) is 27.1 Å². The van der Waals surface area contributed by atoms with Crippen LogP contribution < -0.4 is 11.5 Å². The van der Waals surface area contributed by atoms with Crippen LogP contribution in [0.15, 0.2) is 12.1 Å². The summed E-state index contributed by atoms with van der Waals surface area (Å²) in [5.41, 5.74) is 12.6. The molecule has 0 radical (unpaired) electrons. The quantitative estimate of drug-likeness (QED) is 0.507. The third-order valence-corrected chi connectivity index (χ3v) is 5.21. The van der Waals surface area contributed by atoms with Crippen molar-refractivity contribution < 1.29 is 14.9 Å². The molecule has 1 saturated heterocycles. The lowest BCUT2D eigenvalue weighted by molar-refractivity contribution is -0.0239. The largest absolute Gasteiger partial charge is 0.394 e. The van der Waals surface area contributed by atoms with E-state index in [2.05, 4.69) is 41.9 Å². The molecule has 3 rings (SSSR count). The van der Waals surface area contributed by atoms with E-state index in [1.54, 1.807) is 12.1 Å². The number of aliphatic hydroxyl groups is 2. The Balaban J connectivity index is 2.13. The predicted molar refractivity (Wildman–Crippen MR) is 83.1 cm³/mol. The summed E-state index contributed by atoms with van der Waals surface area (Å²) in [5, 5.41) is 23.6. The van der Waals surface area contributed by atoms with E-state index in [1.807, 2.05) is 0 Å². The van der Waals surface area contributed by atoms with Gasteiger partial charge in [-0.05, 0) is 12.1 Å². The first-order chi connectivity index (χ1) is 9.86. The zero-order valence-corrected chi connectivity index (χ0v) is 13.8. The van der Waals surface area contributed by atoms with E-state index in [1.165, 1.54) is 4.52 Å². The molecule has 1 unspecified atom stereocenters. The van der Waals surface area contributed by atoms with Gasteiger partial charge in [0.2, 0.25) is 5.95 Å². The highest BCUT2D eigenvalue weighted by molar-refractivity contribution is 9.25. The van der Waals surface area contributed by atoms with Gasteiger partial charge in [-0.1, -0.05) is 31.9 Å². The van der Waals surface area contributed by atoms with Gasteiger partial charge in [0, 0.05) is 0 Å². The molecule has 1 fully saturated rings. The van der Waals surface area contributed by atoms with Crippen LogP contribution in [-0.2, 0) is 4.74 Å². The molecular weight excluding hydrogens is 410 g/mol. The van der Waals surface area contributed by atoms with Gasteiger partial charge in [-0.25, -0.2) is 4.52 Å². The summed E-state index contributed by atoms with van der Waals surface area (Å²) >= 11 is 6.82. The molecule has 0 saturated carbocycles. The molecule has 3 heterocycles. The molecule has 0 aromatic carbocycles. The van der Waals surface area contributed by atoms with Crippen molar-refractivity contribution in [3.8, 4) is 0 Å². The minimum atomic E-state index is -0.962. The van der Waals surface area contributed by atoms with Gasteiger partial charge in [-0.3, -0.25) is 0 Å². The standard InChI is InChI=1S/C11H13Br2N5O3/c12-11(13)7(20)6(3-19)21-8(11)4-1-2-5-9(14)16-10(15)17-18(4)5/h1-2,6-8,19-20H,3H2,(H4,14,15,16,17)/t6-,7?,8+/m1/s1. The van der Waals surface area contributed by atoms with E-state index in [0.29, 0.717) is 11.2 Å². The van der Waals surface area contributed by atoms with Crippen LogP contribution in [0.25, 0.3) is 5.52 Å². The number of nitrogen functional groups attached to an aromatic ring is 2. The maximum atomic E-state index is 10.2. The third kappa shape index (κ3) is 2.21. The SMILES string of the molecule is Nc1nc(N)c2ccc([C@@H]3O[C@H](CO)C(O)C3(Br)Br)n2n1. The summed E-state index contributed by atoms with van der Waals surface area (Å²) in [4.78, 5) is 3.89. The lowest BCUT2D eigenvalue weighted by atomic mass is 10.1. The molecule has 6 N–H and O–H groups in total. The van der Waals surface area contributed by atoms with Gasteiger partial charge in [0.25, 0.3) is 0 Å². The summed E-state index contributed by atoms with van der Waals surface area (Å²) in [5.74, 6) is 0.283. The molecule has 3 atom stereocenters. The van der Waals surface area contributed by atoms with Crippen LogP contribution in [0.1, 0.15) is 11.8 Å². The summed E-state index contributed by atoms with van der Waals surface area (Å²) in [6.45, 7) is -0.306. The van der Waals surface area contributed by atoms with Crippen LogP contribution in [-0.4, -0.2) is 46.9 Å². The number of halogens is 2. The van der Waals surface area contributed by atoms with Crippen molar-refractivity contribution in [1.29, 1.82) is 0 Å². The fourth-order valence-corrected chi connectivity index (χ4v) is 3.68. The van der Waals surface area contributed by atoms with Crippen LogP contribution in [0.3, 0.4) is 0 Å². The van der Waals surface area contributed by atoms with Gasteiger partial charge >= 0.3 is 0 Å². The van der Waals surface area contributed by atoms with Crippen molar-refractivity contribution in [3.05, 3.63) is 17.8 Å². The Bertz CT molecular complexity index is 692. The molecule has 21 heavy (non-hydrogen) atoms. The van der Waals surface area contributed by atoms with Crippen molar-refractivity contribution >= 4 is 49.1 Å². The Morgan fingerprint density at radius 2 is 2.10 bits per heavy atom. The number of ether oxygens (including phenoxy) is 1. The molecule has 0 amide bonds.